The first-order valence-electron chi connectivity index (χ1n) is 10.3. The summed E-state index contributed by atoms with van der Waals surface area (Å²) in [6.07, 6.45) is -1.75. The molecule has 172 valence electrons. The second kappa shape index (κ2) is 7.98. The first kappa shape index (κ1) is 21.6. The summed E-state index contributed by atoms with van der Waals surface area (Å²) in [6, 6.07) is 12.8. The highest BCUT2D eigenvalue weighted by Crippen LogP contribution is 2.32. The number of aryl methyl sites for hydroxylation is 1. The maximum atomic E-state index is 13.5. The lowest BCUT2D eigenvalue weighted by Crippen LogP contribution is -2.21. The number of halogens is 3. The van der Waals surface area contributed by atoms with Crippen LogP contribution in [0.4, 0.5) is 13.2 Å². The lowest BCUT2D eigenvalue weighted by Gasteiger charge is -2.12. The van der Waals surface area contributed by atoms with Gasteiger partial charge in [0, 0.05) is 22.7 Å². The van der Waals surface area contributed by atoms with E-state index in [4.69, 9.17) is 4.74 Å². The fraction of sp³-hybridized carbons (Fsp3) is 0.167. The van der Waals surface area contributed by atoms with Gasteiger partial charge in [0.2, 0.25) is 0 Å². The zero-order valence-electron chi connectivity index (χ0n) is 18.2. The molecule has 0 fully saturated rings. The quantitative estimate of drug-likeness (QED) is 0.390. The number of alkyl halides is 3. The number of hydrogen-bond acceptors (Lipinski definition) is 5. The summed E-state index contributed by atoms with van der Waals surface area (Å²) >= 11 is 0. The molecule has 0 atom stereocenters. The zero-order valence-corrected chi connectivity index (χ0v) is 18.2. The minimum Gasteiger partial charge on any atom is -0.497 e. The Hall–Kier alpha value is -4.21. The molecular weight excluding hydrogens is 447 g/mol. The lowest BCUT2D eigenvalue weighted by molar-refractivity contribution is -0.141. The highest BCUT2D eigenvalue weighted by molar-refractivity contribution is 6.05. The number of hydrogen-bond donors (Lipinski definition) is 0. The number of benzene rings is 1. The van der Waals surface area contributed by atoms with Crippen LogP contribution >= 0.6 is 0 Å². The van der Waals surface area contributed by atoms with Crippen molar-refractivity contribution in [1.82, 2.24) is 24.3 Å². The average Bonchev–Trinajstić information content (AvgIpc) is 3.16. The van der Waals surface area contributed by atoms with E-state index in [0.717, 1.165) is 16.2 Å². The molecule has 7 nitrogen and oxygen atoms in total. The van der Waals surface area contributed by atoms with Crippen molar-refractivity contribution in [3.8, 4) is 11.4 Å². The molecule has 34 heavy (non-hydrogen) atoms. The second-order valence-electron chi connectivity index (χ2n) is 7.73. The molecule has 0 radical (unpaired) electrons. The Balaban J connectivity index is 1.79. The average molecular weight is 465 g/mol. The van der Waals surface area contributed by atoms with Crippen LogP contribution in [0.1, 0.15) is 17.0 Å². The number of pyridine rings is 3. The van der Waals surface area contributed by atoms with E-state index in [9.17, 15) is 18.0 Å². The van der Waals surface area contributed by atoms with Crippen LogP contribution in [0.2, 0.25) is 0 Å². The standard InChI is InChI=1S/C24H18F3N5O2/c1-14-20-18-9-10-19(24(25,26)27)29-22(18)32(16-4-3-11-28-12-16)23(33)21(20)30-31(14)13-15-5-7-17(34-2)8-6-15/h3-12H,13H2,1-2H3. The number of aromatic nitrogens is 5. The van der Waals surface area contributed by atoms with Crippen LogP contribution in [-0.2, 0) is 12.7 Å². The first-order chi connectivity index (χ1) is 16.3. The third kappa shape index (κ3) is 3.57. The summed E-state index contributed by atoms with van der Waals surface area (Å²) in [5.74, 6) is 0.711. The summed E-state index contributed by atoms with van der Waals surface area (Å²) in [4.78, 5) is 21.4. The molecule has 0 saturated heterocycles. The summed E-state index contributed by atoms with van der Waals surface area (Å²) in [6.45, 7) is 2.15. The van der Waals surface area contributed by atoms with E-state index in [0.29, 0.717) is 34.4 Å². The Kier molecular flexibility index (Phi) is 5.07. The molecule has 0 N–H and O–H groups in total. The fourth-order valence-corrected chi connectivity index (χ4v) is 3.98. The highest BCUT2D eigenvalue weighted by Gasteiger charge is 2.33. The predicted octanol–water partition coefficient (Wildman–Crippen LogP) is 4.51. The third-order valence-electron chi connectivity index (χ3n) is 5.65. The Morgan fingerprint density at radius 2 is 1.82 bits per heavy atom. The monoisotopic (exact) mass is 465 g/mol. The minimum absolute atomic E-state index is 0.104. The van der Waals surface area contributed by atoms with Crippen LogP contribution in [0.25, 0.3) is 27.6 Å². The number of ether oxygens (including phenoxy) is 1. The molecule has 4 aromatic heterocycles. The first-order valence-corrected chi connectivity index (χ1v) is 10.3. The van der Waals surface area contributed by atoms with E-state index in [2.05, 4.69) is 15.1 Å². The topological polar surface area (TPSA) is 74.8 Å². The lowest BCUT2D eigenvalue weighted by atomic mass is 10.1. The van der Waals surface area contributed by atoms with Crippen LogP contribution in [0.3, 0.4) is 0 Å². The molecule has 10 heteroatoms. The molecule has 4 heterocycles. The largest absolute Gasteiger partial charge is 0.497 e. The molecule has 5 aromatic rings. The molecule has 0 saturated carbocycles. The predicted molar refractivity (Wildman–Crippen MR) is 120 cm³/mol. The smallest absolute Gasteiger partial charge is 0.433 e. The number of rotatable bonds is 4. The van der Waals surface area contributed by atoms with Crippen molar-refractivity contribution in [3.63, 3.8) is 0 Å². The molecular formula is C24H18F3N5O2. The van der Waals surface area contributed by atoms with Crippen molar-refractivity contribution in [2.24, 2.45) is 0 Å². The van der Waals surface area contributed by atoms with Gasteiger partial charge in [-0.15, -0.1) is 0 Å². The van der Waals surface area contributed by atoms with Gasteiger partial charge in [0.1, 0.15) is 17.1 Å². The molecule has 0 amide bonds. The van der Waals surface area contributed by atoms with Gasteiger partial charge in [0.25, 0.3) is 5.56 Å². The maximum Gasteiger partial charge on any atom is 0.433 e. The molecule has 0 spiro atoms. The van der Waals surface area contributed by atoms with Gasteiger partial charge >= 0.3 is 6.18 Å². The Morgan fingerprint density at radius 1 is 1.06 bits per heavy atom. The van der Waals surface area contributed by atoms with Crippen molar-refractivity contribution in [1.29, 1.82) is 0 Å². The Labute approximate surface area is 191 Å². The van der Waals surface area contributed by atoms with Gasteiger partial charge in [0.15, 0.2) is 5.52 Å². The molecule has 5 rings (SSSR count). The second-order valence-corrected chi connectivity index (χ2v) is 7.73. The van der Waals surface area contributed by atoms with Crippen molar-refractivity contribution in [2.75, 3.05) is 7.11 Å². The normalized spacial score (nSPS) is 11.9. The van der Waals surface area contributed by atoms with Gasteiger partial charge < -0.3 is 4.74 Å². The Bertz CT molecular complexity index is 1570. The Morgan fingerprint density at radius 3 is 2.47 bits per heavy atom. The minimum atomic E-state index is -4.66. The molecule has 0 aliphatic heterocycles. The van der Waals surface area contributed by atoms with E-state index in [1.807, 2.05) is 24.3 Å². The van der Waals surface area contributed by atoms with E-state index < -0.39 is 17.4 Å². The van der Waals surface area contributed by atoms with E-state index in [1.54, 1.807) is 30.8 Å². The van der Waals surface area contributed by atoms with Crippen LogP contribution in [0, 0.1) is 6.92 Å². The van der Waals surface area contributed by atoms with Crippen LogP contribution < -0.4 is 10.3 Å². The van der Waals surface area contributed by atoms with Crippen LogP contribution in [0.15, 0.2) is 65.7 Å². The third-order valence-corrected chi connectivity index (χ3v) is 5.65. The van der Waals surface area contributed by atoms with Crippen molar-refractivity contribution in [2.45, 2.75) is 19.6 Å². The van der Waals surface area contributed by atoms with Gasteiger partial charge in [0.05, 0.1) is 25.5 Å². The molecule has 0 unspecified atom stereocenters. The van der Waals surface area contributed by atoms with Gasteiger partial charge in [-0.3, -0.25) is 19.0 Å². The summed E-state index contributed by atoms with van der Waals surface area (Å²) in [5.41, 5.74) is 0.252. The summed E-state index contributed by atoms with van der Waals surface area (Å²) < 4.78 is 48.3. The van der Waals surface area contributed by atoms with Gasteiger partial charge in [-0.1, -0.05) is 12.1 Å². The summed E-state index contributed by atoms with van der Waals surface area (Å²) in [7, 11) is 1.58. The fourth-order valence-electron chi connectivity index (χ4n) is 3.98. The van der Waals surface area contributed by atoms with Gasteiger partial charge in [-0.25, -0.2) is 4.98 Å². The van der Waals surface area contributed by atoms with Crippen LogP contribution in [0.5, 0.6) is 5.75 Å². The van der Waals surface area contributed by atoms with E-state index >= 15 is 0 Å². The maximum absolute atomic E-state index is 13.5. The van der Waals surface area contributed by atoms with Crippen molar-refractivity contribution in [3.05, 3.63) is 88.2 Å². The van der Waals surface area contributed by atoms with Gasteiger partial charge in [-0.2, -0.15) is 18.3 Å². The molecule has 0 aliphatic carbocycles. The number of nitrogens with zero attached hydrogens (tertiary/aromatic N) is 5. The van der Waals surface area contributed by atoms with Crippen LogP contribution in [-0.4, -0.2) is 31.4 Å². The number of fused-ring (bicyclic) bond motifs is 3. The molecule has 1 aromatic carbocycles. The summed E-state index contributed by atoms with van der Waals surface area (Å²) in [5, 5.41) is 5.40. The SMILES string of the molecule is COc1ccc(Cn2nc3c(=O)n(-c4cccnc4)c4nc(C(F)(F)F)ccc4c3c2C)cc1. The zero-order chi connectivity index (χ0) is 24.0. The van der Waals surface area contributed by atoms with Gasteiger partial charge in [-0.05, 0) is 48.9 Å². The highest BCUT2D eigenvalue weighted by atomic mass is 19.4. The van der Waals surface area contributed by atoms with E-state index in [1.165, 1.54) is 18.5 Å². The molecule has 0 aliphatic rings. The number of methoxy groups -OCH3 is 1. The van der Waals surface area contributed by atoms with Crippen molar-refractivity contribution < 1.29 is 17.9 Å². The molecule has 0 bridgehead atoms. The van der Waals surface area contributed by atoms with E-state index in [-0.39, 0.29) is 11.2 Å². The van der Waals surface area contributed by atoms with Crippen molar-refractivity contribution >= 4 is 21.9 Å².